The van der Waals surface area contributed by atoms with Gasteiger partial charge >= 0.3 is 0 Å². The first-order valence-electron chi connectivity index (χ1n) is 11.1. The Kier molecular flexibility index (Phi) is 8.03. The molecule has 1 heterocycles. The molecule has 1 aromatic heterocycles. The van der Waals surface area contributed by atoms with Gasteiger partial charge in [0.05, 0.1) is 33.3 Å². The van der Waals surface area contributed by atoms with E-state index in [2.05, 4.69) is 13.8 Å². The molecule has 0 aliphatic rings. The molecule has 0 radical (unpaired) electrons. The summed E-state index contributed by atoms with van der Waals surface area (Å²) < 4.78 is 28.7. The summed E-state index contributed by atoms with van der Waals surface area (Å²) in [5.74, 6) is 1.96. The van der Waals surface area contributed by atoms with Crippen LogP contribution >= 0.6 is 0 Å². The highest BCUT2D eigenvalue weighted by molar-refractivity contribution is 5.83. The molecule has 6 nitrogen and oxygen atoms in total. The highest BCUT2D eigenvalue weighted by Gasteiger charge is 2.22. The van der Waals surface area contributed by atoms with Gasteiger partial charge in [0.15, 0.2) is 17.3 Å². The van der Waals surface area contributed by atoms with E-state index in [1.165, 1.54) is 0 Å². The van der Waals surface area contributed by atoms with Gasteiger partial charge in [0.25, 0.3) is 0 Å². The number of hydrogen-bond donors (Lipinski definition) is 0. The zero-order valence-electron chi connectivity index (χ0n) is 19.6. The van der Waals surface area contributed by atoms with E-state index in [9.17, 15) is 4.79 Å². The van der Waals surface area contributed by atoms with Gasteiger partial charge in [-0.3, -0.25) is 4.79 Å². The Hall–Kier alpha value is -3.15. The summed E-state index contributed by atoms with van der Waals surface area (Å²) >= 11 is 0. The summed E-state index contributed by atoms with van der Waals surface area (Å²) in [4.78, 5) is 13.4. The van der Waals surface area contributed by atoms with Crippen molar-refractivity contribution in [2.24, 2.45) is 0 Å². The Morgan fingerprint density at radius 1 is 0.844 bits per heavy atom. The molecule has 0 aliphatic heterocycles. The Balaban J connectivity index is 2.24. The fraction of sp³-hybridized carbons (Fsp3) is 0.423. The highest BCUT2D eigenvalue weighted by Crippen LogP contribution is 2.43. The van der Waals surface area contributed by atoms with Gasteiger partial charge in [-0.1, -0.05) is 32.8 Å². The minimum absolute atomic E-state index is 0.187. The van der Waals surface area contributed by atoms with Crippen LogP contribution < -0.4 is 24.4 Å². The Morgan fingerprint density at radius 2 is 1.53 bits per heavy atom. The number of benzene rings is 2. The minimum Gasteiger partial charge on any atom is -0.493 e. The van der Waals surface area contributed by atoms with Gasteiger partial charge in [0.2, 0.25) is 16.9 Å². The Morgan fingerprint density at radius 3 is 2.12 bits per heavy atom. The number of fused-ring (bicyclic) bond motifs is 1. The van der Waals surface area contributed by atoms with Crippen molar-refractivity contribution in [3.8, 4) is 34.3 Å². The van der Waals surface area contributed by atoms with Crippen LogP contribution in [0, 0.1) is 0 Å². The van der Waals surface area contributed by atoms with Crippen LogP contribution in [0.5, 0.6) is 23.0 Å². The van der Waals surface area contributed by atoms with E-state index in [4.69, 9.17) is 23.4 Å². The van der Waals surface area contributed by atoms with Crippen molar-refractivity contribution in [2.75, 3.05) is 27.9 Å². The van der Waals surface area contributed by atoms with E-state index in [1.807, 2.05) is 18.2 Å². The molecule has 0 bridgehead atoms. The van der Waals surface area contributed by atoms with Crippen LogP contribution in [0.3, 0.4) is 0 Å². The molecule has 0 amide bonds. The smallest absolute Gasteiger partial charge is 0.235 e. The molecule has 3 aromatic rings. The third-order valence-electron chi connectivity index (χ3n) is 5.41. The second-order valence-corrected chi connectivity index (χ2v) is 7.64. The molecule has 0 fully saturated rings. The van der Waals surface area contributed by atoms with Gasteiger partial charge in [-0.25, -0.2) is 0 Å². The van der Waals surface area contributed by atoms with Crippen molar-refractivity contribution >= 4 is 11.0 Å². The molecule has 0 saturated heterocycles. The maximum absolute atomic E-state index is 13.4. The molecular formula is C26H32O6. The van der Waals surface area contributed by atoms with Crippen LogP contribution in [0.25, 0.3) is 22.3 Å². The maximum Gasteiger partial charge on any atom is 0.235 e. The number of aryl methyl sites for hydroxylation is 1. The molecule has 0 atom stereocenters. The standard InChI is InChI=1S/C26H32O6/c1-6-8-10-17-11-12-19-20(14-17)32-24(26(23(19)27)31-13-9-7-2)18-15-21(28-3)25(30-5)22(16-18)29-4/h11-12,14-16H,6-10,13H2,1-5H3. The third-order valence-corrected chi connectivity index (χ3v) is 5.41. The minimum atomic E-state index is -0.187. The third kappa shape index (κ3) is 4.85. The van der Waals surface area contributed by atoms with E-state index in [0.717, 1.165) is 37.7 Å². The first kappa shape index (κ1) is 23.5. The lowest BCUT2D eigenvalue weighted by atomic mass is 10.0. The van der Waals surface area contributed by atoms with E-state index in [1.54, 1.807) is 33.5 Å². The second kappa shape index (κ2) is 10.9. The van der Waals surface area contributed by atoms with Gasteiger partial charge < -0.3 is 23.4 Å². The van der Waals surface area contributed by atoms with Gasteiger partial charge in [0, 0.05) is 5.56 Å². The first-order chi connectivity index (χ1) is 15.6. The van der Waals surface area contributed by atoms with E-state index >= 15 is 0 Å². The lowest BCUT2D eigenvalue weighted by molar-refractivity contribution is 0.301. The molecule has 172 valence electrons. The van der Waals surface area contributed by atoms with Crippen LogP contribution in [0.15, 0.2) is 39.5 Å². The molecular weight excluding hydrogens is 408 g/mol. The molecule has 0 saturated carbocycles. The summed E-state index contributed by atoms with van der Waals surface area (Å²) in [6.07, 6.45) is 4.91. The van der Waals surface area contributed by atoms with Gasteiger partial charge in [-0.05, 0) is 49.1 Å². The summed E-state index contributed by atoms with van der Waals surface area (Å²) in [5.41, 5.74) is 2.10. The van der Waals surface area contributed by atoms with E-state index in [-0.39, 0.29) is 11.2 Å². The largest absolute Gasteiger partial charge is 0.493 e. The van der Waals surface area contributed by atoms with Gasteiger partial charge in [-0.2, -0.15) is 0 Å². The summed E-state index contributed by atoms with van der Waals surface area (Å²) in [5, 5.41) is 0.507. The molecule has 2 aromatic carbocycles. The van der Waals surface area contributed by atoms with Crippen molar-refractivity contribution < 1.29 is 23.4 Å². The number of hydrogen-bond acceptors (Lipinski definition) is 6. The van der Waals surface area contributed by atoms with E-state index in [0.29, 0.717) is 46.1 Å². The van der Waals surface area contributed by atoms with Gasteiger partial charge in [-0.15, -0.1) is 0 Å². The average molecular weight is 441 g/mol. The molecule has 6 heteroatoms. The van der Waals surface area contributed by atoms with Crippen molar-refractivity contribution in [3.63, 3.8) is 0 Å². The first-order valence-corrected chi connectivity index (χ1v) is 11.1. The number of ether oxygens (including phenoxy) is 4. The molecule has 0 unspecified atom stereocenters. The normalized spacial score (nSPS) is 10.9. The van der Waals surface area contributed by atoms with Crippen molar-refractivity contribution in [2.45, 2.75) is 46.0 Å². The summed E-state index contributed by atoms with van der Waals surface area (Å²) in [6, 6.07) is 9.30. The van der Waals surface area contributed by atoms with Crippen molar-refractivity contribution in [3.05, 3.63) is 46.1 Å². The van der Waals surface area contributed by atoms with Crippen LogP contribution in [-0.2, 0) is 6.42 Å². The zero-order chi connectivity index (χ0) is 23.1. The van der Waals surface area contributed by atoms with E-state index < -0.39 is 0 Å². The fourth-order valence-electron chi connectivity index (χ4n) is 3.61. The molecule has 3 rings (SSSR count). The zero-order valence-corrected chi connectivity index (χ0v) is 19.6. The SMILES string of the molecule is CCCCOc1c(-c2cc(OC)c(OC)c(OC)c2)oc2cc(CCCC)ccc2c1=O. The highest BCUT2D eigenvalue weighted by atomic mass is 16.5. The quantitative estimate of drug-likeness (QED) is 0.340. The van der Waals surface area contributed by atoms with Gasteiger partial charge in [0.1, 0.15) is 5.58 Å². The molecule has 0 N–H and O–H groups in total. The van der Waals surface area contributed by atoms with Crippen LogP contribution in [0.1, 0.15) is 45.1 Å². The van der Waals surface area contributed by atoms with Crippen molar-refractivity contribution in [1.29, 1.82) is 0 Å². The Bertz CT molecular complexity index is 1090. The predicted molar refractivity (Wildman–Crippen MR) is 127 cm³/mol. The molecule has 32 heavy (non-hydrogen) atoms. The summed E-state index contributed by atoms with van der Waals surface area (Å²) in [7, 11) is 4.65. The topological polar surface area (TPSA) is 67.1 Å². The predicted octanol–water partition coefficient (Wildman–Crippen LogP) is 6.01. The Labute approximate surface area is 189 Å². The van der Waals surface area contributed by atoms with Crippen molar-refractivity contribution in [1.82, 2.24) is 0 Å². The van der Waals surface area contributed by atoms with Crippen LogP contribution in [0.2, 0.25) is 0 Å². The molecule has 0 aliphatic carbocycles. The molecule has 0 spiro atoms. The lowest BCUT2D eigenvalue weighted by Crippen LogP contribution is -2.11. The number of unbranched alkanes of at least 4 members (excludes halogenated alkanes) is 2. The lowest BCUT2D eigenvalue weighted by Gasteiger charge is -2.16. The number of rotatable bonds is 11. The summed E-state index contributed by atoms with van der Waals surface area (Å²) in [6.45, 7) is 4.66. The maximum atomic E-state index is 13.4. The van der Waals surface area contributed by atoms with Crippen LogP contribution in [0.4, 0.5) is 0 Å². The number of methoxy groups -OCH3 is 3. The van der Waals surface area contributed by atoms with Crippen LogP contribution in [-0.4, -0.2) is 27.9 Å². The average Bonchev–Trinajstić information content (AvgIpc) is 2.82. The fourth-order valence-corrected chi connectivity index (χ4v) is 3.61. The second-order valence-electron chi connectivity index (χ2n) is 7.64. The monoisotopic (exact) mass is 440 g/mol.